The second kappa shape index (κ2) is 6.74. The van der Waals surface area contributed by atoms with Gasteiger partial charge in [0.1, 0.15) is 5.41 Å². The third-order valence-corrected chi connectivity index (χ3v) is 8.06. The number of fused-ring (bicyclic) bond motifs is 1. The topological polar surface area (TPSA) is 107 Å². The minimum atomic E-state index is -1.60. The number of aryl methyl sites for hydroxylation is 1. The molecule has 1 aliphatic carbocycles. The molecule has 1 saturated heterocycles. The summed E-state index contributed by atoms with van der Waals surface area (Å²) in [5.41, 5.74) is -0.563. The van der Waals surface area contributed by atoms with Crippen LogP contribution < -0.4 is 4.90 Å². The molecule has 30 heavy (non-hydrogen) atoms. The van der Waals surface area contributed by atoms with Gasteiger partial charge in [0.15, 0.2) is 3.42 Å². The van der Waals surface area contributed by atoms with E-state index in [-0.39, 0.29) is 16.9 Å². The average Bonchev–Trinajstić information content (AvgIpc) is 3.22. The monoisotopic (exact) mass is 540 g/mol. The van der Waals surface area contributed by atoms with Crippen LogP contribution >= 0.6 is 34.2 Å². The normalized spacial score (nSPS) is 27.1. The van der Waals surface area contributed by atoms with Crippen LogP contribution in [0.4, 0.5) is 11.4 Å². The molecule has 4 rings (SSSR count). The Morgan fingerprint density at radius 3 is 2.57 bits per heavy atom. The summed E-state index contributed by atoms with van der Waals surface area (Å²) in [5.74, 6) is -3.00. The lowest BCUT2D eigenvalue weighted by Crippen LogP contribution is -2.46. The lowest BCUT2D eigenvalue weighted by Gasteiger charge is -2.25. The van der Waals surface area contributed by atoms with E-state index in [1.54, 1.807) is 41.6 Å². The van der Waals surface area contributed by atoms with E-state index in [0.29, 0.717) is 5.02 Å². The number of rotatable bonds is 4. The summed E-state index contributed by atoms with van der Waals surface area (Å²) in [4.78, 5) is 51.3. The van der Waals surface area contributed by atoms with Crippen molar-refractivity contribution in [2.75, 3.05) is 12.0 Å². The van der Waals surface area contributed by atoms with E-state index in [0.717, 1.165) is 10.5 Å². The number of ether oxygens (including phenoxy) is 1. The van der Waals surface area contributed by atoms with Crippen molar-refractivity contribution in [3.63, 3.8) is 0 Å². The predicted octanol–water partition coefficient (Wildman–Crippen LogP) is 3.34. The minimum absolute atomic E-state index is 0.223. The summed E-state index contributed by atoms with van der Waals surface area (Å²) in [5, 5.41) is 11.7. The van der Waals surface area contributed by atoms with Crippen LogP contribution in [0.2, 0.25) is 5.02 Å². The molecule has 2 fully saturated rings. The van der Waals surface area contributed by atoms with Gasteiger partial charge in [-0.05, 0) is 30.2 Å². The molecule has 3 unspecified atom stereocenters. The molecular weight excluding hydrogens is 527 g/mol. The van der Waals surface area contributed by atoms with Crippen LogP contribution in [0, 0.1) is 23.0 Å². The first-order valence-electron chi connectivity index (χ1n) is 8.79. The first-order chi connectivity index (χ1) is 14.1. The highest BCUT2D eigenvalue weighted by atomic mass is 127. The molecule has 10 heteroatoms. The van der Waals surface area contributed by atoms with Crippen LogP contribution in [0.5, 0.6) is 0 Å². The number of hydrogen-bond acceptors (Lipinski definition) is 6. The number of carbonyl (C=O) groups is 3. The number of non-ortho nitro benzene ring substituents is 1. The van der Waals surface area contributed by atoms with Gasteiger partial charge in [0.2, 0.25) is 11.8 Å². The van der Waals surface area contributed by atoms with E-state index in [1.807, 2.05) is 0 Å². The molecule has 0 aromatic heterocycles. The zero-order chi connectivity index (χ0) is 22.0. The second-order valence-corrected chi connectivity index (χ2v) is 9.27. The van der Waals surface area contributed by atoms with Crippen molar-refractivity contribution >= 4 is 63.4 Å². The number of halogens is 2. The van der Waals surface area contributed by atoms with Gasteiger partial charge in [0.05, 0.1) is 23.6 Å². The van der Waals surface area contributed by atoms with Gasteiger partial charge in [-0.1, -0.05) is 52.4 Å². The number of esters is 1. The molecule has 1 saturated carbocycles. The zero-order valence-corrected chi connectivity index (χ0v) is 18.6. The number of alkyl halides is 1. The van der Waals surface area contributed by atoms with Crippen LogP contribution in [-0.2, 0) is 24.5 Å². The van der Waals surface area contributed by atoms with Crippen molar-refractivity contribution in [1.29, 1.82) is 0 Å². The third kappa shape index (κ3) is 2.41. The molecule has 0 N–H and O–H groups in total. The molecule has 0 radical (unpaired) electrons. The number of benzene rings is 2. The Balaban J connectivity index is 1.91. The van der Waals surface area contributed by atoms with Gasteiger partial charge in [0, 0.05) is 17.2 Å². The summed E-state index contributed by atoms with van der Waals surface area (Å²) in [6, 6.07) is 10.2. The number of nitro groups is 1. The molecule has 3 atom stereocenters. The quantitative estimate of drug-likeness (QED) is 0.147. The molecule has 0 spiro atoms. The summed E-state index contributed by atoms with van der Waals surface area (Å²) in [6.07, 6.45) is 0. The van der Waals surface area contributed by atoms with Gasteiger partial charge in [-0.25, -0.2) is 4.90 Å². The van der Waals surface area contributed by atoms with Gasteiger partial charge in [-0.3, -0.25) is 24.5 Å². The fourth-order valence-electron chi connectivity index (χ4n) is 4.24. The smallest absolute Gasteiger partial charge is 0.324 e. The van der Waals surface area contributed by atoms with Crippen molar-refractivity contribution in [1.82, 2.24) is 0 Å². The van der Waals surface area contributed by atoms with Crippen LogP contribution in [0.3, 0.4) is 0 Å². The molecule has 154 valence electrons. The van der Waals surface area contributed by atoms with Gasteiger partial charge in [-0.2, -0.15) is 0 Å². The summed E-state index contributed by atoms with van der Waals surface area (Å²) < 4.78 is 3.39. The maximum Gasteiger partial charge on any atom is 0.324 e. The maximum absolute atomic E-state index is 13.7. The molecule has 2 aliphatic rings. The van der Waals surface area contributed by atoms with Crippen molar-refractivity contribution in [2.24, 2.45) is 5.92 Å². The highest BCUT2D eigenvalue weighted by Crippen LogP contribution is 2.73. The molecule has 8 nitrogen and oxygen atoms in total. The van der Waals surface area contributed by atoms with Crippen LogP contribution in [0.15, 0.2) is 42.5 Å². The number of methoxy groups -OCH3 is 1. The van der Waals surface area contributed by atoms with Gasteiger partial charge < -0.3 is 4.74 Å². The van der Waals surface area contributed by atoms with E-state index in [2.05, 4.69) is 0 Å². The van der Waals surface area contributed by atoms with Crippen molar-refractivity contribution in [3.8, 4) is 0 Å². The highest BCUT2D eigenvalue weighted by molar-refractivity contribution is 14.1. The minimum Gasteiger partial charge on any atom is -0.468 e. The van der Waals surface area contributed by atoms with Crippen LogP contribution in [0.25, 0.3) is 0 Å². The van der Waals surface area contributed by atoms with E-state index in [1.165, 1.54) is 37.4 Å². The number of carbonyl (C=O) groups excluding carboxylic acids is 3. The van der Waals surface area contributed by atoms with Gasteiger partial charge in [-0.15, -0.1) is 0 Å². The molecular formula is C20H14ClIN2O6. The Morgan fingerprint density at radius 1 is 1.27 bits per heavy atom. The predicted molar refractivity (Wildman–Crippen MR) is 116 cm³/mol. The summed E-state index contributed by atoms with van der Waals surface area (Å²) >= 11 is 7.94. The molecule has 1 aliphatic heterocycles. The van der Waals surface area contributed by atoms with Gasteiger partial charge in [0.25, 0.3) is 5.69 Å². The van der Waals surface area contributed by atoms with Crippen LogP contribution in [-0.4, -0.2) is 33.2 Å². The average molecular weight is 541 g/mol. The Bertz CT molecular complexity index is 1150. The number of piperidine rings is 1. The Morgan fingerprint density at radius 2 is 1.97 bits per heavy atom. The molecule has 0 bridgehead atoms. The van der Waals surface area contributed by atoms with Crippen molar-refractivity contribution in [3.05, 3.63) is 68.7 Å². The Hall–Kier alpha value is -2.53. The third-order valence-electron chi connectivity index (χ3n) is 5.74. The number of nitrogens with zero attached hydrogens (tertiary/aromatic N) is 2. The molecule has 2 amide bonds. The Labute approximate surface area is 189 Å². The van der Waals surface area contributed by atoms with E-state index in [4.69, 9.17) is 16.3 Å². The first-order valence-corrected chi connectivity index (χ1v) is 10.2. The first kappa shape index (κ1) is 20.7. The fourth-order valence-corrected chi connectivity index (χ4v) is 6.06. The summed E-state index contributed by atoms with van der Waals surface area (Å²) in [7, 11) is 1.17. The van der Waals surface area contributed by atoms with E-state index < -0.39 is 37.5 Å². The van der Waals surface area contributed by atoms with Gasteiger partial charge >= 0.3 is 5.97 Å². The number of anilines is 1. The van der Waals surface area contributed by atoms with E-state index >= 15 is 0 Å². The number of nitro benzene ring substituents is 1. The SMILES string of the molecule is COC(=O)C1(I)C2C(=O)N(c3ccc(C)c(Cl)c3)C(=O)C21c1cccc([N+](=O)[O-])c1. The highest BCUT2D eigenvalue weighted by Gasteiger charge is 2.92. The van der Waals surface area contributed by atoms with E-state index in [9.17, 15) is 24.5 Å². The standard InChI is InChI=1S/C20H14ClIN2O6/c1-10-6-7-12(9-14(10)21)23-16(25)15-19(17(23)26,20(15,22)18(27)30-2)11-4-3-5-13(8-11)24(28)29/h3-9,15H,1-2H3. The van der Waals surface area contributed by atoms with Crippen molar-refractivity contribution < 1.29 is 24.0 Å². The van der Waals surface area contributed by atoms with Crippen molar-refractivity contribution in [2.45, 2.75) is 15.8 Å². The molecule has 2 aromatic rings. The molecule has 2 aromatic carbocycles. The maximum atomic E-state index is 13.7. The largest absolute Gasteiger partial charge is 0.468 e. The molecule has 1 heterocycles. The fraction of sp³-hybridized carbons (Fsp3) is 0.250. The number of amides is 2. The van der Waals surface area contributed by atoms with Crippen LogP contribution in [0.1, 0.15) is 11.1 Å². The lowest BCUT2D eigenvalue weighted by molar-refractivity contribution is -0.384. The second-order valence-electron chi connectivity index (χ2n) is 7.16. The Kier molecular flexibility index (Phi) is 4.66. The zero-order valence-electron chi connectivity index (χ0n) is 15.7. The summed E-state index contributed by atoms with van der Waals surface area (Å²) in [6.45, 7) is 1.79. The lowest BCUT2D eigenvalue weighted by atomic mass is 9.91. The number of hydrogen-bond donors (Lipinski definition) is 0. The number of imide groups is 1.